The zero-order valence-electron chi connectivity index (χ0n) is 29.8. The molecule has 3 aromatic rings. The number of aromatic carboxylic acids is 4. The van der Waals surface area contributed by atoms with Gasteiger partial charge in [0.2, 0.25) is 0 Å². The lowest BCUT2D eigenvalue weighted by Gasteiger charge is -2.15. The van der Waals surface area contributed by atoms with E-state index >= 15 is 0 Å². The SMILES string of the molecule is CCCCCCCCOc1cc(C=Nc2cc(C(=O)O)cc(C(=O)O)c2)c(OCCCCCCCC)cc1C=Nc1cc(C(=O)O)cc(C(=O)O)c1. The average molecular weight is 717 g/mol. The summed E-state index contributed by atoms with van der Waals surface area (Å²) in [7, 11) is 0. The minimum Gasteiger partial charge on any atom is -0.493 e. The summed E-state index contributed by atoms with van der Waals surface area (Å²) in [4.78, 5) is 55.6. The lowest BCUT2D eigenvalue weighted by molar-refractivity contribution is 0.0676. The summed E-state index contributed by atoms with van der Waals surface area (Å²) in [5.74, 6) is -4.35. The summed E-state index contributed by atoms with van der Waals surface area (Å²) in [5, 5.41) is 38.1. The van der Waals surface area contributed by atoms with Crippen molar-refractivity contribution < 1.29 is 49.1 Å². The van der Waals surface area contributed by atoms with Crippen LogP contribution in [0.5, 0.6) is 11.5 Å². The molecule has 3 rings (SSSR count). The van der Waals surface area contributed by atoms with E-state index in [1.165, 1.54) is 49.5 Å². The molecule has 0 radical (unpaired) electrons. The second-order valence-electron chi connectivity index (χ2n) is 12.4. The minimum atomic E-state index is -1.29. The van der Waals surface area contributed by atoms with Gasteiger partial charge in [-0.25, -0.2) is 19.2 Å². The zero-order chi connectivity index (χ0) is 37.9. The van der Waals surface area contributed by atoms with Gasteiger partial charge in [0.05, 0.1) is 46.8 Å². The molecule has 0 bridgehead atoms. The van der Waals surface area contributed by atoms with E-state index in [9.17, 15) is 39.6 Å². The average Bonchev–Trinajstić information content (AvgIpc) is 3.12. The zero-order valence-corrected chi connectivity index (χ0v) is 29.8. The predicted octanol–water partition coefficient (Wildman–Crippen LogP) is 9.46. The van der Waals surface area contributed by atoms with Gasteiger partial charge >= 0.3 is 23.9 Å². The van der Waals surface area contributed by atoms with Gasteiger partial charge in [0.25, 0.3) is 0 Å². The van der Waals surface area contributed by atoms with Crippen LogP contribution in [0.1, 0.15) is 143 Å². The van der Waals surface area contributed by atoms with Gasteiger partial charge in [0.1, 0.15) is 11.5 Å². The van der Waals surface area contributed by atoms with Crippen LogP contribution in [-0.2, 0) is 0 Å². The normalized spacial score (nSPS) is 11.3. The summed E-state index contributed by atoms with van der Waals surface area (Å²) in [6.45, 7) is 5.09. The van der Waals surface area contributed by atoms with E-state index in [1.54, 1.807) is 12.1 Å². The maximum absolute atomic E-state index is 11.7. The molecular formula is C40H48N2O10. The van der Waals surface area contributed by atoms with Crippen molar-refractivity contribution in [2.45, 2.75) is 90.9 Å². The first-order valence-corrected chi connectivity index (χ1v) is 17.8. The van der Waals surface area contributed by atoms with E-state index in [0.717, 1.165) is 76.3 Å². The molecule has 0 saturated heterocycles. The highest BCUT2D eigenvalue weighted by atomic mass is 16.5. The number of carboxylic acids is 4. The van der Waals surface area contributed by atoms with Crippen molar-refractivity contribution in [2.75, 3.05) is 13.2 Å². The molecule has 0 aliphatic rings. The van der Waals surface area contributed by atoms with Crippen LogP contribution in [0.15, 0.2) is 58.5 Å². The number of hydrogen-bond donors (Lipinski definition) is 4. The van der Waals surface area contributed by atoms with Gasteiger partial charge in [-0.2, -0.15) is 0 Å². The van der Waals surface area contributed by atoms with Gasteiger partial charge < -0.3 is 29.9 Å². The van der Waals surface area contributed by atoms with Crippen LogP contribution in [0.2, 0.25) is 0 Å². The van der Waals surface area contributed by atoms with Crippen LogP contribution < -0.4 is 9.47 Å². The molecule has 0 aromatic heterocycles. The molecule has 12 nitrogen and oxygen atoms in total. The third kappa shape index (κ3) is 13.7. The van der Waals surface area contributed by atoms with E-state index in [4.69, 9.17) is 9.47 Å². The first-order valence-electron chi connectivity index (χ1n) is 17.8. The third-order valence-corrected chi connectivity index (χ3v) is 8.18. The Balaban J connectivity index is 2.06. The van der Waals surface area contributed by atoms with Crippen molar-refractivity contribution in [1.82, 2.24) is 0 Å². The Morgan fingerprint density at radius 1 is 0.481 bits per heavy atom. The van der Waals surface area contributed by atoms with Gasteiger partial charge in [-0.1, -0.05) is 78.1 Å². The van der Waals surface area contributed by atoms with E-state index < -0.39 is 23.9 Å². The summed E-state index contributed by atoms with van der Waals surface area (Å²) < 4.78 is 12.5. The molecule has 12 heteroatoms. The number of ether oxygens (including phenoxy) is 2. The fourth-order valence-corrected chi connectivity index (χ4v) is 5.33. The molecule has 0 aliphatic heterocycles. The number of carboxylic acid groups (broad SMARTS) is 4. The van der Waals surface area contributed by atoms with Gasteiger partial charge in [-0.3, -0.25) is 9.98 Å². The molecule has 0 unspecified atom stereocenters. The van der Waals surface area contributed by atoms with E-state index in [-0.39, 0.29) is 33.6 Å². The molecular weight excluding hydrogens is 668 g/mol. The van der Waals surface area contributed by atoms with E-state index in [2.05, 4.69) is 23.8 Å². The first kappa shape index (κ1) is 40.9. The number of rotatable bonds is 24. The minimum absolute atomic E-state index is 0.118. The highest BCUT2D eigenvalue weighted by Crippen LogP contribution is 2.30. The van der Waals surface area contributed by atoms with Crippen molar-refractivity contribution in [3.05, 3.63) is 81.9 Å². The number of aliphatic imine (C=N–C) groups is 2. The van der Waals surface area contributed by atoms with Crippen molar-refractivity contribution in [3.63, 3.8) is 0 Å². The fourth-order valence-electron chi connectivity index (χ4n) is 5.33. The molecule has 0 amide bonds. The van der Waals surface area contributed by atoms with E-state index in [1.807, 2.05) is 0 Å². The molecule has 52 heavy (non-hydrogen) atoms. The number of hydrogen-bond acceptors (Lipinski definition) is 8. The quantitative estimate of drug-likeness (QED) is 0.0512. The van der Waals surface area contributed by atoms with Gasteiger partial charge in [0.15, 0.2) is 0 Å². The molecule has 0 atom stereocenters. The van der Waals surface area contributed by atoms with Crippen molar-refractivity contribution in [3.8, 4) is 11.5 Å². The van der Waals surface area contributed by atoms with E-state index in [0.29, 0.717) is 35.8 Å². The topological polar surface area (TPSA) is 192 Å². The highest BCUT2D eigenvalue weighted by molar-refractivity contribution is 5.98. The maximum atomic E-state index is 11.7. The molecule has 0 heterocycles. The summed E-state index contributed by atoms with van der Waals surface area (Å²) >= 11 is 0. The number of carbonyl (C=O) groups is 4. The van der Waals surface area contributed by atoms with Gasteiger partial charge in [0, 0.05) is 23.6 Å². The Hall–Kier alpha value is -5.52. The maximum Gasteiger partial charge on any atom is 0.335 e. The third-order valence-electron chi connectivity index (χ3n) is 8.18. The van der Waals surface area contributed by atoms with Gasteiger partial charge in [-0.05, 0) is 61.4 Å². The van der Waals surface area contributed by atoms with Crippen molar-refractivity contribution in [1.29, 1.82) is 0 Å². The van der Waals surface area contributed by atoms with Crippen LogP contribution in [0.3, 0.4) is 0 Å². The second-order valence-corrected chi connectivity index (χ2v) is 12.4. The molecule has 3 aromatic carbocycles. The Morgan fingerprint density at radius 3 is 1.10 bits per heavy atom. The number of nitrogens with zero attached hydrogens (tertiary/aromatic N) is 2. The van der Waals surface area contributed by atoms with Crippen LogP contribution in [0, 0.1) is 0 Å². The fraction of sp³-hybridized carbons (Fsp3) is 0.400. The first-order chi connectivity index (χ1) is 25.0. The standard InChI is InChI=1S/C40H48N2O10/c1-3-5-7-9-11-13-15-51-35-23-32(26-42-34-21-29(39(47)48)18-30(22-34)40(49)50)36(52-16-14-12-10-8-6-4-2)24-31(35)25-41-33-19-27(37(43)44)17-28(20-33)38(45)46/h17-26H,3-16H2,1-2H3,(H,43,44)(H,45,46)(H,47,48)(H,49,50). The van der Waals surface area contributed by atoms with Crippen molar-refractivity contribution >= 4 is 47.7 Å². The summed E-state index contributed by atoms with van der Waals surface area (Å²) in [5.41, 5.74) is 0.315. The Bertz CT molecular complexity index is 1560. The Morgan fingerprint density at radius 2 is 0.788 bits per heavy atom. The Labute approximate surface area is 303 Å². The van der Waals surface area contributed by atoms with Crippen LogP contribution >= 0.6 is 0 Å². The summed E-state index contributed by atoms with van der Waals surface area (Å²) in [6.07, 6.45) is 15.5. The van der Waals surface area contributed by atoms with Crippen LogP contribution in [-0.4, -0.2) is 69.9 Å². The second kappa shape index (κ2) is 21.6. The lowest BCUT2D eigenvalue weighted by Crippen LogP contribution is -2.05. The number of unbranched alkanes of at least 4 members (excludes halogenated alkanes) is 10. The molecule has 278 valence electrons. The molecule has 0 saturated carbocycles. The highest BCUT2D eigenvalue weighted by Gasteiger charge is 2.15. The largest absolute Gasteiger partial charge is 0.493 e. The van der Waals surface area contributed by atoms with Crippen LogP contribution in [0.4, 0.5) is 11.4 Å². The lowest BCUT2D eigenvalue weighted by atomic mass is 10.1. The Kier molecular flexibility index (Phi) is 17.0. The monoisotopic (exact) mass is 716 g/mol. The molecule has 4 N–H and O–H groups in total. The molecule has 0 fully saturated rings. The predicted molar refractivity (Wildman–Crippen MR) is 199 cm³/mol. The van der Waals surface area contributed by atoms with Crippen LogP contribution in [0.25, 0.3) is 0 Å². The summed E-state index contributed by atoms with van der Waals surface area (Å²) in [6, 6.07) is 10.6. The van der Waals surface area contributed by atoms with Gasteiger partial charge in [-0.15, -0.1) is 0 Å². The molecule has 0 spiro atoms. The molecule has 0 aliphatic carbocycles. The van der Waals surface area contributed by atoms with Crippen molar-refractivity contribution in [2.24, 2.45) is 9.98 Å². The number of benzene rings is 3. The smallest absolute Gasteiger partial charge is 0.335 e.